The van der Waals surface area contributed by atoms with Crippen molar-refractivity contribution in [1.82, 2.24) is 19.9 Å². The lowest BCUT2D eigenvalue weighted by atomic mass is 9.63. The van der Waals surface area contributed by atoms with Crippen LogP contribution in [0.15, 0.2) is 17.8 Å². The van der Waals surface area contributed by atoms with Crippen molar-refractivity contribution in [1.29, 1.82) is 0 Å². The first-order chi connectivity index (χ1) is 30.2. The number of Topliss-reactive ketones (excluding diaryl/α,β-unsaturated/α-hetero) is 1. The number of nitrogens with zero attached hydrogens (tertiary/aromatic N) is 4. The van der Waals surface area contributed by atoms with Crippen LogP contribution in [0.25, 0.3) is 0 Å². The van der Waals surface area contributed by atoms with Crippen LogP contribution in [-0.4, -0.2) is 147 Å². The lowest BCUT2D eigenvalue weighted by Crippen LogP contribution is -2.59. The van der Waals surface area contributed by atoms with Crippen molar-refractivity contribution in [2.75, 3.05) is 35.4 Å². The third kappa shape index (κ3) is 10.1. The summed E-state index contributed by atoms with van der Waals surface area (Å²) in [5.74, 6) is -4.01. The number of methoxy groups -OCH3 is 3. The Balaban J connectivity index is 1.22. The van der Waals surface area contributed by atoms with Crippen LogP contribution in [0.4, 0.5) is 4.39 Å². The number of halogens is 1. The third-order valence-corrected chi connectivity index (χ3v) is 15.1. The Morgan fingerprint density at radius 2 is 1.67 bits per heavy atom. The maximum Gasteiger partial charge on any atom is 0.306 e. The number of ketones is 1. The Bertz CT molecular complexity index is 1760. The summed E-state index contributed by atoms with van der Waals surface area (Å²) in [4.78, 5) is 42.8. The molecule has 3 saturated heterocycles. The number of likely N-dealkylation sites (N-methyl/N-ethyl adjacent to an activating group) is 1. The Kier molecular flexibility index (Phi) is 15.8. The van der Waals surface area contributed by atoms with Crippen LogP contribution in [0.5, 0.6) is 0 Å². The van der Waals surface area contributed by atoms with E-state index in [9.17, 15) is 9.59 Å². The van der Waals surface area contributed by atoms with Gasteiger partial charge in [-0.3, -0.25) is 14.4 Å². The molecule has 0 N–H and O–H groups in total. The largest absolute Gasteiger partial charge is 0.462 e. The minimum absolute atomic E-state index is 0.0496. The molecule has 0 spiro atoms. The van der Waals surface area contributed by atoms with Crippen LogP contribution in [-0.2, 0) is 63.6 Å². The highest BCUT2D eigenvalue weighted by atomic mass is 19.1. The highest BCUT2D eigenvalue weighted by Gasteiger charge is 2.61. The van der Waals surface area contributed by atoms with Crippen molar-refractivity contribution < 1.29 is 61.4 Å². The smallest absolute Gasteiger partial charge is 0.306 e. The van der Waals surface area contributed by atoms with Crippen molar-refractivity contribution in [2.45, 2.75) is 179 Å². The van der Waals surface area contributed by atoms with Crippen molar-refractivity contribution >= 4 is 17.7 Å². The molecule has 0 radical (unpaired) electrons. The molecular weight excluding hydrogens is 820 g/mol. The van der Waals surface area contributed by atoms with Gasteiger partial charge in [0.05, 0.1) is 43.1 Å². The number of rotatable bonds is 12. The summed E-state index contributed by atoms with van der Waals surface area (Å²) < 4.78 is 74.7. The summed E-state index contributed by atoms with van der Waals surface area (Å²) in [6.45, 7) is 9.06. The molecule has 1 aromatic rings. The van der Waals surface area contributed by atoms with Gasteiger partial charge in [0, 0.05) is 52.0 Å². The van der Waals surface area contributed by atoms with Gasteiger partial charge in [0.15, 0.2) is 18.4 Å². The van der Waals surface area contributed by atoms with Gasteiger partial charge >= 0.3 is 11.9 Å². The number of aromatic nitrogens is 3. The van der Waals surface area contributed by atoms with Gasteiger partial charge in [-0.15, -0.1) is 5.10 Å². The first kappa shape index (κ1) is 48.0. The Hall–Kier alpha value is -2.90. The second-order valence-electron chi connectivity index (χ2n) is 19.0. The molecule has 1 aromatic heterocycles. The Labute approximate surface area is 371 Å². The minimum atomic E-state index is -1.55. The molecule has 7 rings (SSSR count). The molecule has 19 atom stereocenters. The summed E-state index contributed by atoms with van der Waals surface area (Å²) >= 11 is 0. The highest BCUT2D eigenvalue weighted by Crippen LogP contribution is 2.60. The quantitative estimate of drug-likeness (QED) is 0.252. The van der Waals surface area contributed by atoms with Gasteiger partial charge in [-0.25, -0.2) is 9.07 Å². The van der Waals surface area contributed by atoms with E-state index in [4.69, 9.17) is 42.6 Å². The number of hydrogen-bond acceptors (Lipinski definition) is 15. The number of carbonyl (C=O) groups excluding carboxylic acids is 3. The zero-order chi connectivity index (χ0) is 45.3. The predicted molar refractivity (Wildman–Crippen MR) is 225 cm³/mol. The SMILES string of the molecule is CC[C@H]1CCC[C@H](O[C@H]2CC[C@H](N(C)C)C(C)O2)[C@@H](C)C(=O)C2=C[C@H]3[C@@H]4C[C@H](O[C@@H]5OC(C)[C@H](OC)C(OC)[C@@H]5OC)C[C@H]4C(n4cc(COC(C)=O)nn4)C(F)[C@H]3[C@@H]2CC(=O)O1. The van der Waals surface area contributed by atoms with Crippen LogP contribution < -0.4 is 0 Å². The number of ether oxygens (including phenoxy) is 9. The first-order valence-electron chi connectivity index (χ1n) is 23.2. The van der Waals surface area contributed by atoms with E-state index in [2.05, 4.69) is 36.2 Å². The molecule has 16 nitrogen and oxygen atoms in total. The Morgan fingerprint density at radius 3 is 2.33 bits per heavy atom. The first-order valence-corrected chi connectivity index (χ1v) is 23.2. The molecule has 3 aliphatic heterocycles. The fourth-order valence-corrected chi connectivity index (χ4v) is 12.0. The lowest BCUT2D eigenvalue weighted by Gasteiger charge is -2.45. The van der Waals surface area contributed by atoms with Gasteiger partial charge in [0.1, 0.15) is 42.9 Å². The topological polar surface area (TPSA) is 168 Å². The van der Waals surface area contributed by atoms with E-state index in [1.54, 1.807) is 32.2 Å². The summed E-state index contributed by atoms with van der Waals surface area (Å²) in [6, 6.07) is -0.565. The summed E-state index contributed by atoms with van der Waals surface area (Å²) in [6.07, 6.45) is 2.72. The monoisotopic (exact) mass is 891 g/mol. The van der Waals surface area contributed by atoms with Crippen molar-refractivity contribution in [3.8, 4) is 0 Å². The van der Waals surface area contributed by atoms with E-state index in [-0.39, 0.29) is 67.2 Å². The van der Waals surface area contributed by atoms with Gasteiger partial charge in [-0.05, 0) is 103 Å². The maximum absolute atomic E-state index is 18.1. The molecule has 0 aromatic carbocycles. The number of carbonyl (C=O) groups is 3. The molecule has 4 heterocycles. The zero-order valence-electron chi connectivity index (χ0n) is 38.8. The van der Waals surface area contributed by atoms with Crippen LogP contribution in [0.3, 0.4) is 0 Å². The van der Waals surface area contributed by atoms with E-state index in [1.165, 1.54) is 6.92 Å². The normalized spacial score (nSPS) is 42.3. The number of esters is 2. The van der Waals surface area contributed by atoms with Crippen molar-refractivity contribution in [2.24, 2.45) is 35.5 Å². The van der Waals surface area contributed by atoms with E-state index in [0.29, 0.717) is 56.2 Å². The fraction of sp³-hybridized carbons (Fsp3) is 0.848. The number of allylic oxidation sites excluding steroid dienone is 2. The average molecular weight is 891 g/mol. The predicted octanol–water partition coefficient (Wildman–Crippen LogP) is 5.17. The maximum atomic E-state index is 18.1. The number of cyclic esters (lactones) is 1. The summed E-state index contributed by atoms with van der Waals surface area (Å²) in [5.41, 5.74) is 0.835. The average Bonchev–Trinajstić information content (AvgIpc) is 3.98. The number of alkyl halides is 1. The highest BCUT2D eigenvalue weighted by molar-refractivity contribution is 5.99. The molecule has 0 bridgehead atoms. The third-order valence-electron chi connectivity index (χ3n) is 15.1. The molecule has 17 heteroatoms. The van der Waals surface area contributed by atoms with Crippen molar-refractivity contribution in [3.05, 3.63) is 23.5 Å². The van der Waals surface area contributed by atoms with Crippen LogP contribution in [0.2, 0.25) is 0 Å². The number of hydrogen-bond donors (Lipinski definition) is 0. The van der Waals surface area contributed by atoms with E-state index in [1.807, 2.05) is 26.8 Å². The molecule has 63 heavy (non-hydrogen) atoms. The minimum Gasteiger partial charge on any atom is -0.462 e. The van der Waals surface area contributed by atoms with Gasteiger partial charge in [0.25, 0.3) is 0 Å². The van der Waals surface area contributed by atoms with Gasteiger partial charge in [-0.1, -0.05) is 25.1 Å². The standard InChI is InChI=1S/C46H71FN4O12/c1-11-28-13-12-14-36(63-38-16-15-35(50(6)7)24(3)59-38)23(2)42(54)34-19-31-30-17-29(62-46-45(57-10)44(56-9)43(55-8)25(4)60-46)18-33(30)41(40(47)39(31)32(34)20-37(53)61-28)51-21-27(48-49-51)22-58-26(5)52/h19,21,23-25,28-33,35-36,38-41,43-46H,11-18,20,22H2,1-10H3/t23-,24?,25?,28+,29+,30+,31+,32-,33-,35+,36+,38+,39-,40?,41?,43+,44?,45+,46+/m1/s1. The number of fused-ring (bicyclic) bond motifs is 5. The van der Waals surface area contributed by atoms with E-state index >= 15 is 9.18 Å². The van der Waals surface area contributed by atoms with Crippen LogP contribution in [0.1, 0.15) is 104 Å². The molecule has 0 amide bonds. The second kappa shape index (κ2) is 20.7. The molecular formula is C46H71FN4O12. The van der Waals surface area contributed by atoms with Crippen LogP contribution in [0, 0.1) is 35.5 Å². The molecule has 5 unspecified atom stereocenters. The lowest BCUT2D eigenvalue weighted by molar-refractivity contribution is -0.314. The fourth-order valence-electron chi connectivity index (χ4n) is 12.0. The molecule has 3 aliphatic carbocycles. The molecule has 6 aliphatic rings. The van der Waals surface area contributed by atoms with E-state index in [0.717, 1.165) is 6.42 Å². The van der Waals surface area contributed by atoms with Gasteiger partial charge in [0.2, 0.25) is 0 Å². The van der Waals surface area contributed by atoms with Gasteiger partial charge < -0.3 is 47.5 Å². The zero-order valence-corrected chi connectivity index (χ0v) is 38.8. The van der Waals surface area contributed by atoms with Crippen LogP contribution >= 0.6 is 0 Å². The summed E-state index contributed by atoms with van der Waals surface area (Å²) in [5, 5.41) is 8.66. The van der Waals surface area contributed by atoms with E-state index < -0.39 is 78.7 Å². The molecule has 354 valence electrons. The Morgan fingerprint density at radius 1 is 0.937 bits per heavy atom. The summed E-state index contributed by atoms with van der Waals surface area (Å²) in [7, 11) is 8.89. The molecule has 2 saturated carbocycles. The van der Waals surface area contributed by atoms with Crippen molar-refractivity contribution in [3.63, 3.8) is 0 Å². The molecule has 5 fully saturated rings. The second-order valence-corrected chi connectivity index (χ2v) is 19.0. The van der Waals surface area contributed by atoms with Gasteiger partial charge in [-0.2, -0.15) is 0 Å².